The number of fused-ring (bicyclic) bond motifs is 1. The Kier molecular flexibility index (Phi) is 4.12. The molecule has 1 aliphatic heterocycles. The van der Waals surface area contributed by atoms with Gasteiger partial charge < -0.3 is 9.64 Å². The van der Waals surface area contributed by atoms with E-state index in [0.29, 0.717) is 13.1 Å². The summed E-state index contributed by atoms with van der Waals surface area (Å²) in [6, 6.07) is 7.83. The van der Waals surface area contributed by atoms with E-state index in [9.17, 15) is 22.4 Å². The number of aromatic nitrogens is 2. The van der Waals surface area contributed by atoms with E-state index in [1.54, 1.807) is 23.0 Å². The molecular weight excluding hydrogens is 366 g/mol. The van der Waals surface area contributed by atoms with E-state index >= 15 is 0 Å². The number of ether oxygens (including phenoxy) is 1. The fourth-order valence-corrected chi connectivity index (χ4v) is 3.66. The van der Waals surface area contributed by atoms with Crippen LogP contribution in [0.25, 0.3) is 5.69 Å². The van der Waals surface area contributed by atoms with Crippen LogP contribution in [0.5, 0.6) is 0 Å². The molecule has 4 atom stereocenters. The SMILES string of the molecule is CC(OC(=O)N1C[C@@H]2C(c3ccn(-c4ccc(F)cc4)n3)[C@@H]2C1)C(F)(F)F. The van der Waals surface area contributed by atoms with Crippen molar-refractivity contribution >= 4 is 6.09 Å². The van der Waals surface area contributed by atoms with Crippen LogP contribution >= 0.6 is 0 Å². The minimum Gasteiger partial charge on any atom is -0.437 e. The van der Waals surface area contributed by atoms with Crippen molar-refractivity contribution < 1.29 is 27.1 Å². The lowest BCUT2D eigenvalue weighted by Crippen LogP contribution is -2.38. The number of benzene rings is 1. The molecular formula is C18H17F4N3O2. The lowest BCUT2D eigenvalue weighted by Gasteiger charge is -2.23. The van der Waals surface area contributed by atoms with Gasteiger partial charge in [-0.3, -0.25) is 0 Å². The predicted molar refractivity (Wildman–Crippen MR) is 86.8 cm³/mol. The molecule has 27 heavy (non-hydrogen) atoms. The maximum atomic E-state index is 13.0. The van der Waals surface area contributed by atoms with Gasteiger partial charge in [-0.15, -0.1) is 0 Å². The van der Waals surface area contributed by atoms with Crippen LogP contribution < -0.4 is 0 Å². The van der Waals surface area contributed by atoms with Crippen molar-refractivity contribution in [3.63, 3.8) is 0 Å². The third-order valence-corrected chi connectivity index (χ3v) is 5.23. The standard InChI is InChI=1S/C18H17F4N3O2/c1-10(18(20,21)22)27-17(26)24-8-13-14(9-24)16(13)15-6-7-25(23-15)12-4-2-11(19)3-5-12/h2-7,10,13-14,16H,8-9H2,1H3/t10?,13-,14+,16?. The monoisotopic (exact) mass is 383 g/mol. The molecule has 1 aromatic carbocycles. The van der Waals surface area contributed by atoms with Gasteiger partial charge in [0, 0.05) is 25.2 Å². The highest BCUT2D eigenvalue weighted by atomic mass is 19.4. The van der Waals surface area contributed by atoms with Crippen LogP contribution in [0.15, 0.2) is 36.5 Å². The van der Waals surface area contributed by atoms with E-state index in [1.807, 2.05) is 6.07 Å². The number of hydrogen-bond acceptors (Lipinski definition) is 3. The van der Waals surface area contributed by atoms with Gasteiger partial charge in [0.2, 0.25) is 0 Å². The fraction of sp³-hybridized carbons (Fsp3) is 0.444. The summed E-state index contributed by atoms with van der Waals surface area (Å²) >= 11 is 0. The Morgan fingerprint density at radius 1 is 1.19 bits per heavy atom. The zero-order chi connectivity index (χ0) is 19.3. The second-order valence-corrected chi connectivity index (χ2v) is 6.99. The first-order chi connectivity index (χ1) is 12.7. The Balaban J connectivity index is 1.35. The molecule has 0 N–H and O–H groups in total. The number of alkyl halides is 3. The van der Waals surface area contributed by atoms with E-state index in [2.05, 4.69) is 9.84 Å². The minimum absolute atomic E-state index is 0.176. The molecule has 1 aliphatic carbocycles. The van der Waals surface area contributed by atoms with Gasteiger partial charge in [-0.2, -0.15) is 18.3 Å². The molecule has 1 amide bonds. The number of carbonyl (C=O) groups excluding carboxylic acids is 1. The molecule has 1 saturated heterocycles. The third-order valence-electron chi connectivity index (χ3n) is 5.23. The molecule has 2 fully saturated rings. The average Bonchev–Trinajstić information content (AvgIpc) is 3.00. The maximum absolute atomic E-state index is 13.0. The van der Waals surface area contributed by atoms with Crippen LogP contribution in [0.3, 0.4) is 0 Å². The van der Waals surface area contributed by atoms with E-state index in [4.69, 9.17) is 0 Å². The summed E-state index contributed by atoms with van der Waals surface area (Å²) in [5.74, 6) is 0.205. The minimum atomic E-state index is -4.56. The molecule has 0 bridgehead atoms. The molecule has 144 valence electrons. The van der Waals surface area contributed by atoms with Crippen LogP contribution in [-0.4, -0.2) is 46.1 Å². The maximum Gasteiger partial charge on any atom is 0.425 e. The lowest BCUT2D eigenvalue weighted by molar-refractivity contribution is -0.199. The largest absolute Gasteiger partial charge is 0.437 e. The fourth-order valence-electron chi connectivity index (χ4n) is 3.66. The second kappa shape index (κ2) is 6.24. The molecule has 4 rings (SSSR count). The number of rotatable bonds is 3. The van der Waals surface area contributed by atoms with Gasteiger partial charge in [0.25, 0.3) is 0 Å². The van der Waals surface area contributed by atoms with Crippen molar-refractivity contribution in [2.45, 2.75) is 25.1 Å². The zero-order valence-corrected chi connectivity index (χ0v) is 14.4. The van der Waals surface area contributed by atoms with Crippen molar-refractivity contribution in [3.05, 3.63) is 48.0 Å². The summed E-state index contributed by atoms with van der Waals surface area (Å²) in [7, 11) is 0. The Labute approximate surface area is 152 Å². The second-order valence-electron chi connectivity index (χ2n) is 6.99. The van der Waals surface area contributed by atoms with E-state index in [-0.39, 0.29) is 23.6 Å². The van der Waals surface area contributed by atoms with Gasteiger partial charge >= 0.3 is 12.3 Å². The summed E-state index contributed by atoms with van der Waals surface area (Å²) in [6.45, 7) is 1.55. The van der Waals surface area contributed by atoms with E-state index in [0.717, 1.165) is 18.3 Å². The molecule has 1 saturated carbocycles. The smallest absolute Gasteiger partial charge is 0.425 e. The molecule has 0 spiro atoms. The molecule has 0 radical (unpaired) electrons. The van der Waals surface area contributed by atoms with Gasteiger partial charge in [0.15, 0.2) is 6.10 Å². The number of amides is 1. The highest BCUT2D eigenvalue weighted by Crippen LogP contribution is 2.57. The van der Waals surface area contributed by atoms with Gasteiger partial charge in [-0.25, -0.2) is 13.9 Å². The molecule has 1 aromatic heterocycles. The first-order valence-corrected chi connectivity index (χ1v) is 8.58. The summed E-state index contributed by atoms with van der Waals surface area (Å²) in [5, 5.41) is 4.52. The van der Waals surface area contributed by atoms with Crippen LogP contribution in [0.1, 0.15) is 18.5 Å². The molecule has 2 aromatic rings. The predicted octanol–water partition coefficient (Wildman–Crippen LogP) is 3.74. The first kappa shape index (κ1) is 17.8. The van der Waals surface area contributed by atoms with Crippen molar-refractivity contribution in [1.29, 1.82) is 0 Å². The third kappa shape index (κ3) is 3.38. The van der Waals surface area contributed by atoms with Gasteiger partial charge in [0.1, 0.15) is 5.82 Å². The van der Waals surface area contributed by atoms with Crippen molar-refractivity contribution in [2.75, 3.05) is 13.1 Å². The number of hydrogen-bond donors (Lipinski definition) is 0. The Bertz CT molecular complexity index is 837. The molecule has 2 heterocycles. The van der Waals surface area contributed by atoms with Crippen LogP contribution in [0, 0.1) is 17.7 Å². The van der Waals surface area contributed by atoms with Gasteiger partial charge in [-0.1, -0.05) is 0 Å². The number of halogens is 4. The van der Waals surface area contributed by atoms with Gasteiger partial charge in [-0.05, 0) is 49.1 Å². The number of likely N-dealkylation sites (tertiary alicyclic amines) is 1. The highest BCUT2D eigenvalue weighted by Gasteiger charge is 2.58. The van der Waals surface area contributed by atoms with Crippen LogP contribution in [0.2, 0.25) is 0 Å². The molecule has 2 aliphatic rings. The van der Waals surface area contributed by atoms with Crippen molar-refractivity contribution in [3.8, 4) is 5.69 Å². The summed E-state index contributed by atoms with van der Waals surface area (Å²) in [5.41, 5.74) is 1.60. The molecule has 5 nitrogen and oxygen atoms in total. The summed E-state index contributed by atoms with van der Waals surface area (Å²) < 4.78 is 56.7. The number of piperidine rings is 1. The first-order valence-electron chi connectivity index (χ1n) is 8.58. The summed E-state index contributed by atoms with van der Waals surface area (Å²) in [4.78, 5) is 13.2. The number of nitrogens with zero attached hydrogens (tertiary/aromatic N) is 3. The molecule has 9 heteroatoms. The molecule has 2 unspecified atom stereocenters. The van der Waals surface area contributed by atoms with Crippen molar-refractivity contribution in [2.24, 2.45) is 11.8 Å². The van der Waals surface area contributed by atoms with E-state index in [1.165, 1.54) is 17.0 Å². The van der Waals surface area contributed by atoms with E-state index < -0.39 is 18.4 Å². The quantitative estimate of drug-likeness (QED) is 0.759. The lowest BCUT2D eigenvalue weighted by atomic mass is 10.2. The Morgan fingerprint density at radius 2 is 1.81 bits per heavy atom. The zero-order valence-electron chi connectivity index (χ0n) is 14.4. The summed E-state index contributed by atoms with van der Waals surface area (Å²) in [6.07, 6.45) is -5.83. The Hall–Kier alpha value is -2.58. The normalized spacial score (nSPS) is 25.2. The van der Waals surface area contributed by atoms with Crippen LogP contribution in [0.4, 0.5) is 22.4 Å². The topological polar surface area (TPSA) is 47.4 Å². The van der Waals surface area contributed by atoms with Gasteiger partial charge in [0.05, 0.1) is 11.4 Å². The van der Waals surface area contributed by atoms with Crippen molar-refractivity contribution in [1.82, 2.24) is 14.7 Å². The van der Waals surface area contributed by atoms with Crippen LogP contribution in [-0.2, 0) is 4.74 Å². The highest BCUT2D eigenvalue weighted by molar-refractivity contribution is 5.69. The Morgan fingerprint density at radius 3 is 2.41 bits per heavy atom. The number of carbonyl (C=O) groups is 1. The average molecular weight is 383 g/mol.